The summed E-state index contributed by atoms with van der Waals surface area (Å²) in [4.78, 5) is 12.5. The van der Waals surface area contributed by atoms with Crippen molar-refractivity contribution in [2.75, 3.05) is 6.61 Å². The predicted octanol–water partition coefficient (Wildman–Crippen LogP) is 4.19. The Morgan fingerprint density at radius 3 is 2.22 bits per heavy atom. The van der Waals surface area contributed by atoms with Crippen LogP contribution in [0.2, 0.25) is 0 Å². The van der Waals surface area contributed by atoms with Crippen LogP contribution in [0.5, 0.6) is 0 Å². The van der Waals surface area contributed by atoms with Crippen LogP contribution in [-0.2, 0) is 14.8 Å². The molecule has 0 aliphatic heterocycles. The molecule has 140 valence electrons. The number of ether oxygens (including phenoxy) is 1. The summed E-state index contributed by atoms with van der Waals surface area (Å²) in [6.07, 6.45) is 1.35. The molecule has 2 aromatic carbocycles. The van der Waals surface area contributed by atoms with Crippen molar-refractivity contribution in [2.24, 2.45) is 0 Å². The zero-order valence-electron chi connectivity index (χ0n) is 15.5. The third kappa shape index (κ3) is 3.53. The van der Waals surface area contributed by atoms with Gasteiger partial charge in [0.25, 0.3) is 10.0 Å². The minimum absolute atomic E-state index is 0.163. The van der Waals surface area contributed by atoms with Crippen LogP contribution in [0.3, 0.4) is 0 Å². The first-order chi connectivity index (χ1) is 12.9. The van der Waals surface area contributed by atoms with Crippen LogP contribution in [-0.4, -0.2) is 25.0 Å². The lowest BCUT2D eigenvalue weighted by atomic mass is 10.1. The predicted molar refractivity (Wildman–Crippen MR) is 104 cm³/mol. The van der Waals surface area contributed by atoms with E-state index in [-0.39, 0.29) is 17.1 Å². The van der Waals surface area contributed by atoms with Gasteiger partial charge >= 0.3 is 5.97 Å². The Morgan fingerprint density at radius 1 is 1.00 bits per heavy atom. The highest BCUT2D eigenvalue weighted by atomic mass is 32.2. The van der Waals surface area contributed by atoms with Gasteiger partial charge in [-0.25, -0.2) is 17.2 Å². The Kier molecular flexibility index (Phi) is 5.19. The van der Waals surface area contributed by atoms with E-state index >= 15 is 0 Å². The van der Waals surface area contributed by atoms with E-state index < -0.39 is 16.0 Å². The number of nitrogens with zero attached hydrogens (tertiary/aromatic N) is 1. The standard InChI is InChI=1S/C21H21NO4S/c1-4-26-21(23)19-14-22(20(16(19)3)17-8-6-5-7-9-17)27(24,25)18-12-10-15(2)11-13-18/h5-14H,4H2,1-3H3. The number of hydrogen-bond donors (Lipinski definition) is 0. The second kappa shape index (κ2) is 7.40. The lowest BCUT2D eigenvalue weighted by Gasteiger charge is -2.12. The van der Waals surface area contributed by atoms with Gasteiger partial charge < -0.3 is 4.74 Å². The van der Waals surface area contributed by atoms with Crippen LogP contribution in [0.1, 0.15) is 28.4 Å². The van der Waals surface area contributed by atoms with Crippen molar-refractivity contribution in [1.82, 2.24) is 3.97 Å². The zero-order chi connectivity index (χ0) is 19.6. The molecule has 0 bridgehead atoms. The Balaban J connectivity index is 2.26. The first-order valence-corrected chi connectivity index (χ1v) is 10.1. The molecule has 3 aromatic rings. The molecule has 0 fully saturated rings. The quantitative estimate of drug-likeness (QED) is 0.620. The fourth-order valence-electron chi connectivity index (χ4n) is 2.94. The van der Waals surface area contributed by atoms with E-state index in [0.29, 0.717) is 16.8 Å². The summed E-state index contributed by atoms with van der Waals surface area (Å²) >= 11 is 0. The third-order valence-corrected chi connectivity index (χ3v) is 6.02. The first-order valence-electron chi connectivity index (χ1n) is 8.63. The molecule has 1 heterocycles. The van der Waals surface area contributed by atoms with E-state index in [0.717, 1.165) is 5.56 Å². The monoisotopic (exact) mass is 383 g/mol. The number of aryl methyl sites for hydroxylation is 1. The van der Waals surface area contributed by atoms with Crippen molar-refractivity contribution in [1.29, 1.82) is 0 Å². The van der Waals surface area contributed by atoms with Crippen LogP contribution < -0.4 is 0 Å². The molecule has 1 aromatic heterocycles. The molecule has 0 saturated carbocycles. The van der Waals surface area contributed by atoms with E-state index in [1.165, 1.54) is 10.2 Å². The molecule has 0 saturated heterocycles. The number of hydrogen-bond acceptors (Lipinski definition) is 4. The second-order valence-electron chi connectivity index (χ2n) is 6.22. The smallest absolute Gasteiger partial charge is 0.340 e. The molecular formula is C21H21NO4S. The number of esters is 1. The number of rotatable bonds is 5. The molecule has 5 nitrogen and oxygen atoms in total. The minimum Gasteiger partial charge on any atom is -0.462 e. The minimum atomic E-state index is -3.88. The highest BCUT2D eigenvalue weighted by Crippen LogP contribution is 2.31. The van der Waals surface area contributed by atoms with E-state index in [9.17, 15) is 13.2 Å². The number of carbonyl (C=O) groups excluding carboxylic acids is 1. The molecule has 0 radical (unpaired) electrons. The van der Waals surface area contributed by atoms with Gasteiger partial charge in [0.2, 0.25) is 0 Å². The van der Waals surface area contributed by atoms with Crippen molar-refractivity contribution in [3.8, 4) is 11.3 Å². The summed E-state index contributed by atoms with van der Waals surface area (Å²) in [5.41, 5.74) is 2.94. The molecule has 0 unspecified atom stereocenters. The van der Waals surface area contributed by atoms with Crippen LogP contribution in [0.25, 0.3) is 11.3 Å². The van der Waals surface area contributed by atoms with Crippen molar-refractivity contribution in [3.63, 3.8) is 0 Å². The maximum Gasteiger partial charge on any atom is 0.340 e. The van der Waals surface area contributed by atoms with E-state index in [4.69, 9.17) is 4.74 Å². The van der Waals surface area contributed by atoms with Gasteiger partial charge in [-0.15, -0.1) is 0 Å². The van der Waals surface area contributed by atoms with Gasteiger partial charge in [-0.3, -0.25) is 0 Å². The summed E-state index contributed by atoms with van der Waals surface area (Å²) in [6, 6.07) is 15.8. The topological polar surface area (TPSA) is 65.4 Å². The van der Waals surface area contributed by atoms with Crippen molar-refractivity contribution in [3.05, 3.63) is 77.5 Å². The van der Waals surface area contributed by atoms with Crippen molar-refractivity contribution in [2.45, 2.75) is 25.7 Å². The summed E-state index contributed by atoms with van der Waals surface area (Å²) in [5.74, 6) is -0.537. The van der Waals surface area contributed by atoms with Crippen molar-refractivity contribution >= 4 is 16.0 Å². The molecule has 27 heavy (non-hydrogen) atoms. The second-order valence-corrected chi connectivity index (χ2v) is 8.03. The fraction of sp³-hybridized carbons (Fsp3) is 0.190. The molecule has 0 aliphatic rings. The average molecular weight is 383 g/mol. The van der Waals surface area contributed by atoms with Gasteiger partial charge in [-0.1, -0.05) is 48.0 Å². The molecular weight excluding hydrogens is 362 g/mol. The summed E-state index contributed by atoms with van der Waals surface area (Å²) < 4.78 is 32.9. The van der Waals surface area contributed by atoms with E-state index in [1.807, 2.05) is 37.3 Å². The SMILES string of the molecule is CCOC(=O)c1cn(S(=O)(=O)c2ccc(C)cc2)c(-c2ccccc2)c1C. The molecule has 0 N–H and O–H groups in total. The largest absolute Gasteiger partial charge is 0.462 e. The maximum absolute atomic E-state index is 13.3. The van der Waals surface area contributed by atoms with Gasteiger partial charge in [-0.2, -0.15) is 0 Å². The lowest BCUT2D eigenvalue weighted by molar-refractivity contribution is 0.0526. The highest BCUT2D eigenvalue weighted by Gasteiger charge is 2.27. The zero-order valence-corrected chi connectivity index (χ0v) is 16.3. The summed E-state index contributed by atoms with van der Waals surface area (Å²) in [7, 11) is -3.88. The highest BCUT2D eigenvalue weighted by molar-refractivity contribution is 7.90. The van der Waals surface area contributed by atoms with Gasteiger partial charge in [0.1, 0.15) is 0 Å². The Bertz CT molecular complexity index is 1070. The van der Waals surface area contributed by atoms with Crippen LogP contribution in [0.4, 0.5) is 0 Å². The molecule has 0 aliphatic carbocycles. The van der Waals surface area contributed by atoms with E-state index in [2.05, 4.69) is 0 Å². The molecule has 3 rings (SSSR count). The maximum atomic E-state index is 13.3. The van der Waals surface area contributed by atoms with Crippen LogP contribution >= 0.6 is 0 Å². The van der Waals surface area contributed by atoms with Crippen LogP contribution in [0.15, 0.2) is 65.7 Å². The van der Waals surface area contributed by atoms with Crippen molar-refractivity contribution < 1.29 is 17.9 Å². The first kappa shape index (κ1) is 18.9. The fourth-order valence-corrected chi connectivity index (χ4v) is 4.37. The van der Waals surface area contributed by atoms with Gasteiger partial charge in [0.15, 0.2) is 0 Å². The molecule has 0 atom stereocenters. The Labute approximate surface area is 159 Å². The van der Waals surface area contributed by atoms with E-state index in [1.54, 1.807) is 38.1 Å². The summed E-state index contributed by atoms with van der Waals surface area (Å²) in [6.45, 7) is 5.56. The molecule has 0 amide bonds. The number of benzene rings is 2. The Hall–Kier alpha value is -2.86. The Morgan fingerprint density at radius 2 is 1.63 bits per heavy atom. The number of carbonyl (C=O) groups is 1. The normalized spacial score (nSPS) is 11.4. The molecule has 6 heteroatoms. The average Bonchev–Trinajstić information content (AvgIpc) is 3.01. The van der Waals surface area contributed by atoms with Gasteiger partial charge in [-0.05, 0) is 44.0 Å². The third-order valence-electron chi connectivity index (χ3n) is 4.35. The summed E-state index contributed by atoms with van der Waals surface area (Å²) in [5, 5.41) is 0. The number of aromatic nitrogens is 1. The lowest BCUT2D eigenvalue weighted by Crippen LogP contribution is -2.13. The van der Waals surface area contributed by atoms with Gasteiger partial charge in [0, 0.05) is 6.20 Å². The molecule has 0 spiro atoms. The van der Waals surface area contributed by atoms with Gasteiger partial charge in [0.05, 0.1) is 22.8 Å². The van der Waals surface area contributed by atoms with Crippen LogP contribution in [0, 0.1) is 13.8 Å².